The molecule has 0 aliphatic carbocycles. The van der Waals surface area contributed by atoms with Gasteiger partial charge in [0.2, 0.25) is 0 Å². The quantitative estimate of drug-likeness (QED) is 0.515. The highest BCUT2D eigenvalue weighted by molar-refractivity contribution is 5.84. The Bertz CT molecular complexity index is 1050. The zero-order valence-electron chi connectivity index (χ0n) is 16.0. The number of esters is 1. The minimum atomic E-state index is -1.12. The number of rotatable bonds is 6. The van der Waals surface area contributed by atoms with Crippen molar-refractivity contribution in [3.05, 3.63) is 70.1 Å². The van der Waals surface area contributed by atoms with Crippen LogP contribution in [0.25, 0.3) is 11.0 Å². The number of fused-ring (bicyclic) bond motifs is 1. The Morgan fingerprint density at radius 1 is 1.11 bits per heavy atom. The first-order valence-electron chi connectivity index (χ1n) is 9.00. The molecule has 146 valence electrons. The second-order valence-electron chi connectivity index (χ2n) is 6.87. The first-order valence-corrected chi connectivity index (χ1v) is 9.00. The standard InChI is InChI=1S/C22H22O6/c1-4-26-21(25)22(2,3)28-15-11-9-14(10-12-15)13-17-19(23)16-7-5-6-8-18(16)27-20(17)24/h5-12,23H,4,13H2,1-3H3. The lowest BCUT2D eigenvalue weighted by Gasteiger charge is -2.24. The average Bonchev–Trinajstić information content (AvgIpc) is 2.66. The second kappa shape index (κ2) is 7.76. The van der Waals surface area contributed by atoms with Crippen LogP contribution in [0.4, 0.5) is 0 Å². The van der Waals surface area contributed by atoms with Crippen LogP contribution in [0, 0.1) is 0 Å². The van der Waals surface area contributed by atoms with E-state index in [1.54, 1.807) is 69.3 Å². The van der Waals surface area contributed by atoms with Crippen molar-refractivity contribution in [1.82, 2.24) is 0 Å². The second-order valence-corrected chi connectivity index (χ2v) is 6.87. The first-order chi connectivity index (χ1) is 13.3. The van der Waals surface area contributed by atoms with Gasteiger partial charge in [-0.2, -0.15) is 0 Å². The summed E-state index contributed by atoms with van der Waals surface area (Å²) in [6.07, 6.45) is 0.209. The Hall–Kier alpha value is -3.28. The van der Waals surface area contributed by atoms with Gasteiger partial charge in [0.25, 0.3) is 0 Å². The minimum Gasteiger partial charge on any atom is -0.507 e. The van der Waals surface area contributed by atoms with Crippen LogP contribution in [0.15, 0.2) is 57.7 Å². The lowest BCUT2D eigenvalue weighted by molar-refractivity contribution is -0.158. The summed E-state index contributed by atoms with van der Waals surface area (Å²) in [4.78, 5) is 24.2. The van der Waals surface area contributed by atoms with Crippen molar-refractivity contribution in [1.29, 1.82) is 0 Å². The predicted octanol–water partition coefficient (Wildman–Crippen LogP) is 3.81. The molecule has 3 aromatic rings. The molecule has 2 aromatic carbocycles. The third-order valence-electron chi connectivity index (χ3n) is 4.32. The minimum absolute atomic E-state index is 0.0735. The maximum Gasteiger partial charge on any atom is 0.349 e. The van der Waals surface area contributed by atoms with Crippen LogP contribution in [-0.4, -0.2) is 23.3 Å². The summed E-state index contributed by atoms with van der Waals surface area (Å²) < 4.78 is 16.0. The van der Waals surface area contributed by atoms with Gasteiger partial charge in [0, 0.05) is 6.42 Å². The van der Waals surface area contributed by atoms with Crippen molar-refractivity contribution in [3.8, 4) is 11.5 Å². The SMILES string of the molecule is CCOC(=O)C(C)(C)Oc1ccc(Cc2c(O)c3ccccc3oc2=O)cc1. The molecule has 0 amide bonds. The Kier molecular flexibility index (Phi) is 5.40. The zero-order valence-corrected chi connectivity index (χ0v) is 16.0. The van der Waals surface area contributed by atoms with E-state index < -0.39 is 17.2 Å². The summed E-state index contributed by atoms with van der Waals surface area (Å²) in [5, 5.41) is 11.0. The molecule has 6 nitrogen and oxygen atoms in total. The van der Waals surface area contributed by atoms with Gasteiger partial charge in [-0.1, -0.05) is 24.3 Å². The summed E-state index contributed by atoms with van der Waals surface area (Å²) in [5.41, 5.74) is -0.355. The maximum absolute atomic E-state index is 12.2. The first kappa shape index (κ1) is 19.5. The topological polar surface area (TPSA) is 86.0 Å². The molecule has 0 atom stereocenters. The normalized spacial score (nSPS) is 11.4. The van der Waals surface area contributed by atoms with E-state index in [-0.39, 0.29) is 24.3 Å². The van der Waals surface area contributed by atoms with Gasteiger partial charge in [0.1, 0.15) is 17.1 Å². The fourth-order valence-corrected chi connectivity index (χ4v) is 2.85. The molecule has 0 spiro atoms. The van der Waals surface area contributed by atoms with E-state index in [0.717, 1.165) is 5.56 Å². The number of benzene rings is 2. The summed E-state index contributed by atoms with van der Waals surface area (Å²) in [6, 6.07) is 13.8. The number of hydrogen-bond donors (Lipinski definition) is 1. The molecule has 28 heavy (non-hydrogen) atoms. The summed E-state index contributed by atoms with van der Waals surface area (Å²) >= 11 is 0. The molecule has 0 aliphatic rings. The van der Waals surface area contributed by atoms with E-state index in [0.29, 0.717) is 16.7 Å². The molecule has 6 heteroatoms. The van der Waals surface area contributed by atoms with Crippen LogP contribution >= 0.6 is 0 Å². The number of ether oxygens (including phenoxy) is 2. The Balaban J connectivity index is 1.81. The van der Waals surface area contributed by atoms with Gasteiger partial charge < -0.3 is 19.0 Å². The summed E-state index contributed by atoms with van der Waals surface area (Å²) in [7, 11) is 0. The molecule has 0 unspecified atom stereocenters. The largest absolute Gasteiger partial charge is 0.507 e. The third kappa shape index (κ3) is 4.01. The van der Waals surface area contributed by atoms with Crippen LogP contribution in [0.2, 0.25) is 0 Å². The highest BCUT2D eigenvalue weighted by Crippen LogP contribution is 2.28. The van der Waals surface area contributed by atoms with Crippen molar-refractivity contribution < 1.29 is 23.8 Å². The molecule has 0 fully saturated rings. The monoisotopic (exact) mass is 382 g/mol. The van der Waals surface area contributed by atoms with Crippen molar-refractivity contribution in [2.75, 3.05) is 6.61 Å². The maximum atomic E-state index is 12.2. The highest BCUT2D eigenvalue weighted by atomic mass is 16.6. The summed E-state index contributed by atoms with van der Waals surface area (Å²) in [5.74, 6) is -0.0232. The Labute approximate surface area is 162 Å². The fraction of sp³-hybridized carbons (Fsp3) is 0.273. The molecule has 1 aromatic heterocycles. The van der Waals surface area contributed by atoms with Gasteiger partial charge in [-0.25, -0.2) is 9.59 Å². The van der Waals surface area contributed by atoms with Crippen LogP contribution < -0.4 is 10.4 Å². The molecular formula is C22H22O6. The number of carbonyl (C=O) groups is 1. The van der Waals surface area contributed by atoms with Gasteiger partial charge in [0.15, 0.2) is 5.60 Å². The highest BCUT2D eigenvalue weighted by Gasteiger charge is 2.31. The van der Waals surface area contributed by atoms with E-state index in [4.69, 9.17) is 13.9 Å². The van der Waals surface area contributed by atoms with Gasteiger partial charge in [0.05, 0.1) is 17.6 Å². The predicted molar refractivity (Wildman–Crippen MR) is 105 cm³/mol. The Morgan fingerprint density at radius 2 is 1.79 bits per heavy atom. The Morgan fingerprint density at radius 3 is 2.46 bits per heavy atom. The van der Waals surface area contributed by atoms with Crippen LogP contribution in [0.1, 0.15) is 31.9 Å². The molecule has 1 N–H and O–H groups in total. The molecule has 3 rings (SSSR count). The third-order valence-corrected chi connectivity index (χ3v) is 4.32. The molecule has 0 aliphatic heterocycles. The van der Waals surface area contributed by atoms with Gasteiger partial charge in [-0.05, 0) is 50.6 Å². The molecule has 0 bridgehead atoms. The van der Waals surface area contributed by atoms with Crippen LogP contribution in [0.5, 0.6) is 11.5 Å². The van der Waals surface area contributed by atoms with E-state index in [2.05, 4.69) is 0 Å². The van der Waals surface area contributed by atoms with E-state index in [1.165, 1.54) is 0 Å². The smallest absolute Gasteiger partial charge is 0.349 e. The number of carbonyl (C=O) groups excluding carboxylic acids is 1. The number of aromatic hydroxyl groups is 1. The van der Waals surface area contributed by atoms with Crippen molar-refractivity contribution in [2.24, 2.45) is 0 Å². The molecule has 0 radical (unpaired) electrons. The van der Waals surface area contributed by atoms with Crippen molar-refractivity contribution >= 4 is 16.9 Å². The van der Waals surface area contributed by atoms with Crippen molar-refractivity contribution in [3.63, 3.8) is 0 Å². The van der Waals surface area contributed by atoms with E-state index in [1.807, 2.05) is 0 Å². The molecule has 0 saturated carbocycles. The lowest BCUT2D eigenvalue weighted by Crippen LogP contribution is -2.39. The van der Waals surface area contributed by atoms with Crippen LogP contribution in [-0.2, 0) is 16.0 Å². The van der Waals surface area contributed by atoms with Crippen molar-refractivity contribution in [2.45, 2.75) is 32.8 Å². The fourth-order valence-electron chi connectivity index (χ4n) is 2.85. The van der Waals surface area contributed by atoms with Gasteiger partial charge >= 0.3 is 11.6 Å². The van der Waals surface area contributed by atoms with Gasteiger partial charge in [-0.15, -0.1) is 0 Å². The van der Waals surface area contributed by atoms with Crippen LogP contribution in [0.3, 0.4) is 0 Å². The lowest BCUT2D eigenvalue weighted by atomic mass is 10.0. The molecule has 0 saturated heterocycles. The molecule has 1 heterocycles. The van der Waals surface area contributed by atoms with E-state index >= 15 is 0 Å². The number of hydrogen-bond acceptors (Lipinski definition) is 6. The van der Waals surface area contributed by atoms with Gasteiger partial charge in [-0.3, -0.25) is 0 Å². The number of para-hydroxylation sites is 1. The average molecular weight is 382 g/mol. The zero-order chi connectivity index (χ0) is 20.3. The van der Waals surface area contributed by atoms with E-state index in [9.17, 15) is 14.7 Å². The summed E-state index contributed by atoms with van der Waals surface area (Å²) in [6.45, 7) is 5.29. The molecular weight excluding hydrogens is 360 g/mol.